The molecule has 0 radical (unpaired) electrons. The number of aromatic nitrogens is 2. The van der Waals surface area contributed by atoms with Crippen LogP contribution in [0.2, 0.25) is 0 Å². The van der Waals surface area contributed by atoms with Crippen molar-refractivity contribution < 1.29 is 9.53 Å². The molecule has 1 rings (SSSR count). The average molecular weight is 207 g/mol. The van der Waals surface area contributed by atoms with E-state index >= 15 is 0 Å². The highest BCUT2D eigenvalue weighted by atomic mass is 16.5. The fourth-order valence-electron chi connectivity index (χ4n) is 1.12. The monoisotopic (exact) mass is 207 g/mol. The molecule has 0 bridgehead atoms. The molecule has 80 valence electrons. The molecule has 0 aliphatic carbocycles. The van der Waals surface area contributed by atoms with Gasteiger partial charge < -0.3 is 15.0 Å². The number of nitrogen functional groups attached to an aromatic ring is 1. The van der Waals surface area contributed by atoms with Crippen molar-refractivity contribution in [2.75, 3.05) is 12.3 Å². The third-order valence-corrected chi connectivity index (χ3v) is 1.96. The Kier molecular flexibility index (Phi) is 3.34. The maximum atomic E-state index is 11.4. The third kappa shape index (κ3) is 2.10. The van der Waals surface area contributed by atoms with E-state index in [-0.39, 0.29) is 24.2 Å². The van der Waals surface area contributed by atoms with E-state index in [1.165, 1.54) is 6.33 Å². The molecule has 0 fully saturated rings. The summed E-state index contributed by atoms with van der Waals surface area (Å²) in [4.78, 5) is 15.2. The quantitative estimate of drug-likeness (QED) is 0.589. The van der Waals surface area contributed by atoms with E-state index in [1.807, 2.05) is 0 Å². The Labute approximate surface area is 88.2 Å². The van der Waals surface area contributed by atoms with Crippen molar-refractivity contribution in [2.45, 2.75) is 19.9 Å². The Balaban J connectivity index is 3.00. The van der Waals surface area contributed by atoms with Crippen molar-refractivity contribution in [1.29, 1.82) is 0 Å². The summed E-state index contributed by atoms with van der Waals surface area (Å²) in [5.74, 6) is 2.20. The Hall–Kier alpha value is -1.96. The molecule has 1 unspecified atom stereocenters. The molecule has 2 N–H and O–H groups in total. The van der Waals surface area contributed by atoms with Crippen LogP contribution in [-0.4, -0.2) is 22.1 Å². The SMILES string of the molecule is C#CC(C)n1cnc(C(=O)OCC)c1N. The molecule has 1 heterocycles. The minimum Gasteiger partial charge on any atom is -0.461 e. The largest absolute Gasteiger partial charge is 0.461 e. The smallest absolute Gasteiger partial charge is 0.360 e. The molecule has 1 aromatic heterocycles. The maximum absolute atomic E-state index is 11.4. The highest BCUT2D eigenvalue weighted by Crippen LogP contribution is 2.16. The van der Waals surface area contributed by atoms with E-state index in [1.54, 1.807) is 18.4 Å². The van der Waals surface area contributed by atoms with Gasteiger partial charge in [-0.2, -0.15) is 0 Å². The fraction of sp³-hybridized carbons (Fsp3) is 0.400. The molecule has 0 saturated heterocycles. The summed E-state index contributed by atoms with van der Waals surface area (Å²) in [7, 11) is 0. The lowest BCUT2D eigenvalue weighted by Gasteiger charge is -2.07. The minimum atomic E-state index is -0.530. The zero-order chi connectivity index (χ0) is 11.4. The summed E-state index contributed by atoms with van der Waals surface area (Å²) in [6.45, 7) is 3.79. The van der Waals surface area contributed by atoms with Gasteiger partial charge in [0.2, 0.25) is 0 Å². The summed E-state index contributed by atoms with van der Waals surface area (Å²) in [5.41, 5.74) is 5.83. The van der Waals surface area contributed by atoms with Crippen molar-refractivity contribution >= 4 is 11.8 Å². The number of anilines is 1. The number of nitrogens with two attached hydrogens (primary N) is 1. The van der Waals surface area contributed by atoms with Gasteiger partial charge in [-0.05, 0) is 13.8 Å². The Bertz CT molecular complexity index is 403. The first-order valence-corrected chi connectivity index (χ1v) is 4.57. The lowest BCUT2D eigenvalue weighted by Crippen LogP contribution is -2.11. The van der Waals surface area contributed by atoms with Crippen molar-refractivity contribution in [2.24, 2.45) is 0 Å². The van der Waals surface area contributed by atoms with Crippen molar-refractivity contribution in [3.63, 3.8) is 0 Å². The van der Waals surface area contributed by atoms with Crippen molar-refractivity contribution in [3.05, 3.63) is 12.0 Å². The second-order valence-corrected chi connectivity index (χ2v) is 2.95. The first-order valence-electron chi connectivity index (χ1n) is 4.57. The number of hydrogen-bond acceptors (Lipinski definition) is 4. The Morgan fingerprint density at radius 1 is 1.87 bits per heavy atom. The predicted molar refractivity (Wildman–Crippen MR) is 56.1 cm³/mol. The second-order valence-electron chi connectivity index (χ2n) is 2.95. The molecule has 0 aliphatic heterocycles. The van der Waals surface area contributed by atoms with Crippen LogP contribution in [0.4, 0.5) is 5.82 Å². The third-order valence-electron chi connectivity index (χ3n) is 1.96. The number of ether oxygens (including phenoxy) is 1. The molecule has 1 aromatic rings. The van der Waals surface area contributed by atoms with Crippen molar-refractivity contribution in [1.82, 2.24) is 9.55 Å². The highest BCUT2D eigenvalue weighted by molar-refractivity contribution is 5.92. The van der Waals surface area contributed by atoms with E-state index < -0.39 is 5.97 Å². The first-order chi connectivity index (χ1) is 7.11. The van der Waals surface area contributed by atoms with Crippen LogP contribution in [0.5, 0.6) is 0 Å². The van der Waals surface area contributed by atoms with Crippen LogP contribution in [0.3, 0.4) is 0 Å². The summed E-state index contributed by atoms with van der Waals surface area (Å²) in [6, 6.07) is -0.235. The number of carbonyl (C=O) groups excluding carboxylic acids is 1. The van der Waals surface area contributed by atoms with Crippen LogP contribution in [-0.2, 0) is 4.74 Å². The fourth-order valence-corrected chi connectivity index (χ4v) is 1.12. The normalized spacial score (nSPS) is 11.8. The Morgan fingerprint density at radius 2 is 2.53 bits per heavy atom. The first kappa shape index (κ1) is 11.1. The zero-order valence-corrected chi connectivity index (χ0v) is 8.73. The van der Waals surface area contributed by atoms with Crippen molar-refractivity contribution in [3.8, 4) is 12.3 Å². The molecular formula is C10H13N3O2. The van der Waals surface area contributed by atoms with Gasteiger partial charge in [0.25, 0.3) is 0 Å². The van der Waals surface area contributed by atoms with Crippen LogP contribution in [0.25, 0.3) is 0 Å². The average Bonchev–Trinajstić information content (AvgIpc) is 2.59. The number of terminal acetylenes is 1. The summed E-state index contributed by atoms with van der Waals surface area (Å²) in [5, 5.41) is 0. The molecule has 0 aromatic carbocycles. The van der Waals surface area contributed by atoms with Crippen LogP contribution in [0, 0.1) is 12.3 Å². The molecule has 0 amide bonds. The molecule has 5 heteroatoms. The van der Waals surface area contributed by atoms with Gasteiger partial charge >= 0.3 is 5.97 Å². The lowest BCUT2D eigenvalue weighted by atomic mass is 10.3. The van der Waals surface area contributed by atoms with Gasteiger partial charge in [-0.25, -0.2) is 9.78 Å². The van der Waals surface area contributed by atoms with Gasteiger partial charge in [-0.1, -0.05) is 5.92 Å². The number of nitrogens with zero attached hydrogens (tertiary/aromatic N) is 2. The van der Waals surface area contributed by atoms with Crippen LogP contribution >= 0.6 is 0 Å². The standard InChI is InChI=1S/C10H13N3O2/c1-4-7(3)13-6-12-8(9(13)11)10(14)15-5-2/h1,6-7H,5,11H2,2-3H3. The van der Waals surface area contributed by atoms with Gasteiger partial charge in [0.15, 0.2) is 5.69 Å². The summed E-state index contributed by atoms with van der Waals surface area (Å²) in [6.07, 6.45) is 6.68. The lowest BCUT2D eigenvalue weighted by molar-refractivity contribution is 0.0521. The molecule has 0 spiro atoms. The molecule has 0 aliphatic rings. The zero-order valence-electron chi connectivity index (χ0n) is 8.73. The number of imidazole rings is 1. The van der Waals surface area contributed by atoms with Gasteiger partial charge in [0, 0.05) is 0 Å². The number of hydrogen-bond donors (Lipinski definition) is 1. The Morgan fingerprint density at radius 3 is 3.07 bits per heavy atom. The van der Waals surface area contributed by atoms with Crippen LogP contribution in [0.15, 0.2) is 6.33 Å². The van der Waals surface area contributed by atoms with Crippen LogP contribution < -0.4 is 5.73 Å². The van der Waals surface area contributed by atoms with E-state index in [4.69, 9.17) is 16.9 Å². The summed E-state index contributed by atoms with van der Waals surface area (Å²) < 4.78 is 6.34. The number of carbonyl (C=O) groups is 1. The van der Waals surface area contributed by atoms with Gasteiger partial charge in [-0.15, -0.1) is 6.42 Å². The highest BCUT2D eigenvalue weighted by Gasteiger charge is 2.18. The van der Waals surface area contributed by atoms with E-state index in [0.717, 1.165) is 0 Å². The molecule has 0 saturated carbocycles. The molecule has 5 nitrogen and oxygen atoms in total. The predicted octanol–water partition coefficient (Wildman–Crippen LogP) is 0.836. The molecule has 1 atom stereocenters. The summed E-state index contributed by atoms with van der Waals surface area (Å²) >= 11 is 0. The number of esters is 1. The molecule has 15 heavy (non-hydrogen) atoms. The van der Waals surface area contributed by atoms with Gasteiger partial charge in [0.05, 0.1) is 19.0 Å². The van der Waals surface area contributed by atoms with Crippen LogP contribution in [0.1, 0.15) is 30.4 Å². The van der Waals surface area contributed by atoms with Gasteiger partial charge in [0.1, 0.15) is 5.82 Å². The minimum absolute atomic E-state index is 0.110. The molecular weight excluding hydrogens is 194 g/mol. The van der Waals surface area contributed by atoms with E-state index in [9.17, 15) is 4.79 Å². The van der Waals surface area contributed by atoms with Gasteiger partial charge in [-0.3, -0.25) is 0 Å². The number of rotatable bonds is 3. The maximum Gasteiger partial charge on any atom is 0.360 e. The second kappa shape index (κ2) is 4.51. The topological polar surface area (TPSA) is 70.1 Å². The van der Waals surface area contributed by atoms with E-state index in [0.29, 0.717) is 0 Å². The van der Waals surface area contributed by atoms with E-state index in [2.05, 4.69) is 10.9 Å².